The molecule has 0 bridgehead atoms. The van der Waals surface area contributed by atoms with E-state index in [1.54, 1.807) is 12.1 Å². The summed E-state index contributed by atoms with van der Waals surface area (Å²) in [6.45, 7) is 3.43. The van der Waals surface area contributed by atoms with E-state index in [4.69, 9.17) is 4.74 Å². The third kappa shape index (κ3) is 4.02. The molecule has 2 heterocycles. The fourth-order valence-corrected chi connectivity index (χ4v) is 5.53. The normalized spacial score (nSPS) is 19.8. The van der Waals surface area contributed by atoms with Crippen molar-refractivity contribution < 1.29 is 17.9 Å². The molecule has 0 aliphatic carbocycles. The predicted molar refractivity (Wildman–Crippen MR) is 111 cm³/mol. The maximum Gasteiger partial charge on any atom is 0.252 e. The molecule has 2 aromatic rings. The van der Waals surface area contributed by atoms with Crippen LogP contribution in [0.3, 0.4) is 0 Å². The smallest absolute Gasteiger partial charge is 0.252 e. The minimum Gasteiger partial charge on any atom is -0.493 e. The van der Waals surface area contributed by atoms with E-state index in [0.29, 0.717) is 31.7 Å². The van der Waals surface area contributed by atoms with E-state index in [1.807, 2.05) is 31.2 Å². The van der Waals surface area contributed by atoms with E-state index in [-0.39, 0.29) is 16.8 Å². The number of amides is 1. The van der Waals surface area contributed by atoms with Crippen LogP contribution in [0.15, 0.2) is 47.4 Å². The Hall–Kier alpha value is -2.38. The molecule has 0 saturated carbocycles. The molecule has 0 spiro atoms. The summed E-state index contributed by atoms with van der Waals surface area (Å²) in [7, 11) is -3.58. The van der Waals surface area contributed by atoms with Gasteiger partial charge in [0.2, 0.25) is 10.0 Å². The fraction of sp³-hybridized carbons (Fsp3) is 0.409. The number of carbonyl (C=O) groups is 1. The van der Waals surface area contributed by atoms with Crippen molar-refractivity contribution in [2.45, 2.75) is 43.5 Å². The molecule has 2 aromatic carbocycles. The fourth-order valence-electron chi connectivity index (χ4n) is 3.99. The van der Waals surface area contributed by atoms with Crippen molar-refractivity contribution in [3.8, 4) is 5.75 Å². The second kappa shape index (κ2) is 8.16. The monoisotopic (exact) mass is 414 g/mol. The lowest BCUT2D eigenvalue weighted by Crippen LogP contribution is -2.36. The zero-order valence-electron chi connectivity index (χ0n) is 16.6. The van der Waals surface area contributed by atoms with Gasteiger partial charge in [0.25, 0.3) is 5.91 Å². The summed E-state index contributed by atoms with van der Waals surface area (Å²) in [5.74, 6) is 0.516. The van der Waals surface area contributed by atoms with Crippen LogP contribution in [0.1, 0.15) is 53.2 Å². The molecule has 6 nitrogen and oxygen atoms in total. The van der Waals surface area contributed by atoms with Crippen LogP contribution in [0.5, 0.6) is 5.75 Å². The molecule has 154 valence electrons. The number of benzene rings is 2. The third-order valence-corrected chi connectivity index (χ3v) is 7.56. The zero-order chi connectivity index (χ0) is 20.4. The number of para-hydroxylation sites is 1. The van der Waals surface area contributed by atoms with Gasteiger partial charge < -0.3 is 10.1 Å². The summed E-state index contributed by atoms with van der Waals surface area (Å²) in [5, 5.41) is 3.06. The predicted octanol–water partition coefficient (Wildman–Crippen LogP) is 3.42. The Labute approximate surface area is 171 Å². The minimum absolute atomic E-state index is 0.158. The highest BCUT2D eigenvalue weighted by Crippen LogP contribution is 2.32. The lowest BCUT2D eigenvalue weighted by molar-refractivity contribution is 0.0924. The van der Waals surface area contributed by atoms with E-state index in [1.165, 1.54) is 10.4 Å². The van der Waals surface area contributed by atoms with Gasteiger partial charge in [0, 0.05) is 30.6 Å². The first-order valence-electron chi connectivity index (χ1n) is 10.1. The van der Waals surface area contributed by atoms with Gasteiger partial charge in [-0.2, -0.15) is 4.31 Å². The molecular weight excluding hydrogens is 388 g/mol. The van der Waals surface area contributed by atoms with Crippen molar-refractivity contribution in [3.05, 3.63) is 59.2 Å². The van der Waals surface area contributed by atoms with Crippen LogP contribution in [0.25, 0.3) is 0 Å². The van der Waals surface area contributed by atoms with E-state index in [2.05, 4.69) is 5.32 Å². The SMILES string of the molecule is Cc1ccc(S(=O)(=O)N2CCCCC2)cc1C(=O)N[C@H]1CCOc2ccccc21. The highest BCUT2D eigenvalue weighted by Gasteiger charge is 2.28. The van der Waals surface area contributed by atoms with Gasteiger partial charge in [-0.3, -0.25) is 4.79 Å². The molecule has 0 radical (unpaired) electrons. The molecule has 4 rings (SSSR count). The van der Waals surface area contributed by atoms with Crippen molar-refractivity contribution in [3.63, 3.8) is 0 Å². The van der Waals surface area contributed by atoms with Crippen LogP contribution >= 0.6 is 0 Å². The van der Waals surface area contributed by atoms with Gasteiger partial charge in [-0.25, -0.2) is 8.42 Å². The first-order valence-corrected chi connectivity index (χ1v) is 11.5. The van der Waals surface area contributed by atoms with Crippen LogP contribution in [0, 0.1) is 6.92 Å². The molecule has 1 saturated heterocycles. The summed E-state index contributed by atoms with van der Waals surface area (Å²) in [6.07, 6.45) is 3.48. The molecular formula is C22H26N2O4S. The van der Waals surface area contributed by atoms with Gasteiger partial charge in [0.1, 0.15) is 5.75 Å². The van der Waals surface area contributed by atoms with E-state index in [0.717, 1.165) is 36.1 Å². The summed E-state index contributed by atoms with van der Waals surface area (Å²) in [6, 6.07) is 12.3. The average molecular weight is 415 g/mol. The number of nitrogens with zero attached hydrogens (tertiary/aromatic N) is 1. The lowest BCUT2D eigenvalue weighted by Gasteiger charge is -2.27. The minimum atomic E-state index is -3.58. The molecule has 7 heteroatoms. The molecule has 2 aliphatic heterocycles. The van der Waals surface area contributed by atoms with E-state index in [9.17, 15) is 13.2 Å². The number of nitrogens with one attached hydrogen (secondary N) is 1. The highest BCUT2D eigenvalue weighted by atomic mass is 32.2. The number of hydrogen-bond donors (Lipinski definition) is 1. The number of hydrogen-bond acceptors (Lipinski definition) is 4. The topological polar surface area (TPSA) is 75.7 Å². The van der Waals surface area contributed by atoms with Gasteiger partial charge in [-0.15, -0.1) is 0 Å². The summed E-state index contributed by atoms with van der Waals surface area (Å²) in [4.78, 5) is 13.2. The van der Waals surface area contributed by atoms with Gasteiger partial charge in [0.05, 0.1) is 17.5 Å². The quantitative estimate of drug-likeness (QED) is 0.832. The number of sulfonamides is 1. The number of ether oxygens (including phenoxy) is 1. The first kappa shape index (κ1) is 19.9. The van der Waals surface area contributed by atoms with Gasteiger partial charge in [-0.1, -0.05) is 30.7 Å². The van der Waals surface area contributed by atoms with Crippen molar-refractivity contribution in [1.29, 1.82) is 0 Å². The standard InChI is InChI=1S/C22H26N2O4S/c1-16-9-10-17(29(26,27)24-12-5-2-6-13-24)15-19(16)22(25)23-20-11-14-28-21-8-4-3-7-18(20)21/h3-4,7-10,15,20H,2,5-6,11-14H2,1H3,(H,23,25)/t20-/m0/s1. The Bertz CT molecular complexity index is 1010. The van der Waals surface area contributed by atoms with Crippen molar-refractivity contribution >= 4 is 15.9 Å². The molecule has 0 unspecified atom stereocenters. The first-order chi connectivity index (χ1) is 14.0. The van der Waals surface area contributed by atoms with Crippen LogP contribution in [0.2, 0.25) is 0 Å². The Morgan fingerprint density at radius 2 is 1.86 bits per heavy atom. The Morgan fingerprint density at radius 1 is 1.10 bits per heavy atom. The largest absolute Gasteiger partial charge is 0.493 e. The van der Waals surface area contributed by atoms with Crippen LogP contribution in [-0.2, 0) is 10.0 Å². The molecule has 1 N–H and O–H groups in total. The summed E-state index contributed by atoms with van der Waals surface area (Å²) < 4.78 is 33.2. The number of fused-ring (bicyclic) bond motifs is 1. The Morgan fingerprint density at radius 3 is 2.66 bits per heavy atom. The maximum absolute atomic E-state index is 13.0. The van der Waals surface area contributed by atoms with Crippen molar-refractivity contribution in [2.24, 2.45) is 0 Å². The van der Waals surface area contributed by atoms with Crippen LogP contribution in [0.4, 0.5) is 0 Å². The zero-order valence-corrected chi connectivity index (χ0v) is 17.4. The molecule has 0 aromatic heterocycles. The molecule has 1 fully saturated rings. The molecule has 1 amide bonds. The number of rotatable bonds is 4. The van der Waals surface area contributed by atoms with Gasteiger partial charge in [-0.05, 0) is 43.5 Å². The number of carbonyl (C=O) groups excluding carboxylic acids is 1. The molecule has 29 heavy (non-hydrogen) atoms. The van der Waals surface area contributed by atoms with E-state index < -0.39 is 10.0 Å². The lowest BCUT2D eigenvalue weighted by atomic mass is 9.99. The average Bonchev–Trinajstić information content (AvgIpc) is 2.75. The number of piperidine rings is 1. The van der Waals surface area contributed by atoms with Crippen molar-refractivity contribution in [2.75, 3.05) is 19.7 Å². The van der Waals surface area contributed by atoms with Gasteiger partial charge >= 0.3 is 0 Å². The molecule has 1 atom stereocenters. The number of aryl methyl sites for hydroxylation is 1. The van der Waals surface area contributed by atoms with Crippen LogP contribution in [-0.4, -0.2) is 38.3 Å². The summed E-state index contributed by atoms with van der Waals surface area (Å²) >= 11 is 0. The van der Waals surface area contributed by atoms with E-state index >= 15 is 0 Å². The van der Waals surface area contributed by atoms with Crippen molar-refractivity contribution in [1.82, 2.24) is 9.62 Å². The second-order valence-corrected chi connectivity index (χ2v) is 9.58. The summed E-state index contributed by atoms with van der Waals surface area (Å²) in [5.41, 5.74) is 2.09. The van der Waals surface area contributed by atoms with Crippen LogP contribution < -0.4 is 10.1 Å². The maximum atomic E-state index is 13.0. The Balaban J connectivity index is 1.59. The second-order valence-electron chi connectivity index (χ2n) is 7.64. The Kier molecular flexibility index (Phi) is 5.61. The van der Waals surface area contributed by atoms with Gasteiger partial charge in [0.15, 0.2) is 0 Å². The molecule has 2 aliphatic rings. The third-order valence-electron chi connectivity index (χ3n) is 5.67. The highest BCUT2D eigenvalue weighted by molar-refractivity contribution is 7.89.